The second-order valence-electron chi connectivity index (χ2n) is 8.60. The third kappa shape index (κ3) is 3.82. The lowest BCUT2D eigenvalue weighted by Gasteiger charge is -2.41. The lowest BCUT2D eigenvalue weighted by Crippen LogP contribution is -2.29. The molecule has 0 bridgehead atoms. The number of hydrogen-bond donors (Lipinski definition) is 0. The third-order valence-corrected chi connectivity index (χ3v) is 6.76. The Labute approximate surface area is 158 Å². The van der Waals surface area contributed by atoms with Gasteiger partial charge in [0.15, 0.2) is 0 Å². The van der Waals surface area contributed by atoms with Crippen LogP contribution in [-0.2, 0) is 0 Å². The predicted molar refractivity (Wildman–Crippen MR) is 111 cm³/mol. The quantitative estimate of drug-likeness (QED) is 0.535. The summed E-state index contributed by atoms with van der Waals surface area (Å²) >= 11 is 0. The van der Waals surface area contributed by atoms with E-state index in [0.29, 0.717) is 6.61 Å². The molecule has 0 saturated heterocycles. The summed E-state index contributed by atoms with van der Waals surface area (Å²) in [5.41, 5.74) is 1.55. The zero-order chi connectivity index (χ0) is 17.9. The van der Waals surface area contributed by atoms with E-state index in [2.05, 4.69) is 43.3 Å². The second-order valence-corrected chi connectivity index (χ2v) is 8.60. The van der Waals surface area contributed by atoms with E-state index in [1.807, 2.05) is 19.1 Å². The molecule has 2 aromatic carbocycles. The Bertz CT molecular complexity index is 775. The fraction of sp³-hybridized carbons (Fsp3) is 0.520. The van der Waals surface area contributed by atoms with E-state index in [1.54, 1.807) is 5.56 Å². The molecule has 0 N–H and O–H groups in total. The van der Waals surface area contributed by atoms with Crippen molar-refractivity contribution in [1.82, 2.24) is 0 Å². The van der Waals surface area contributed by atoms with Gasteiger partial charge < -0.3 is 4.74 Å². The molecule has 0 aliphatic heterocycles. The van der Waals surface area contributed by atoms with Crippen LogP contribution in [0, 0.1) is 17.8 Å². The van der Waals surface area contributed by atoms with Crippen LogP contribution < -0.4 is 4.74 Å². The number of benzene rings is 2. The largest absolute Gasteiger partial charge is 0.490 e. The van der Waals surface area contributed by atoms with E-state index in [4.69, 9.17) is 4.74 Å². The Balaban J connectivity index is 1.48. The van der Waals surface area contributed by atoms with Gasteiger partial charge in [0.2, 0.25) is 0 Å². The molecule has 0 heterocycles. The zero-order valence-electron chi connectivity index (χ0n) is 16.3. The van der Waals surface area contributed by atoms with Gasteiger partial charge in [0.05, 0.1) is 0 Å². The average Bonchev–Trinajstić information content (AvgIpc) is 2.67. The van der Waals surface area contributed by atoms with Gasteiger partial charge in [-0.2, -0.15) is 0 Å². The molecule has 2 aliphatic carbocycles. The Hall–Kier alpha value is -1.76. The molecule has 138 valence electrons. The van der Waals surface area contributed by atoms with E-state index >= 15 is 0 Å². The van der Waals surface area contributed by atoms with Crippen LogP contribution in [0.5, 0.6) is 5.75 Å². The van der Waals surface area contributed by atoms with E-state index in [1.165, 1.54) is 49.3 Å². The number of rotatable bonds is 4. The first-order valence-corrected chi connectivity index (χ1v) is 10.5. The highest BCUT2D eigenvalue weighted by atomic mass is 16.5. The van der Waals surface area contributed by atoms with Gasteiger partial charge in [-0.15, -0.1) is 0 Å². The summed E-state index contributed by atoms with van der Waals surface area (Å²) in [4.78, 5) is 0. The molecule has 2 saturated carbocycles. The molecule has 4 rings (SSSR count). The molecule has 26 heavy (non-hydrogen) atoms. The van der Waals surface area contributed by atoms with E-state index in [-0.39, 0.29) is 0 Å². The third-order valence-electron chi connectivity index (χ3n) is 6.76. The van der Waals surface area contributed by atoms with Crippen molar-refractivity contribution < 1.29 is 4.74 Å². The van der Waals surface area contributed by atoms with Crippen LogP contribution in [-0.4, -0.2) is 6.61 Å². The Morgan fingerprint density at radius 2 is 1.69 bits per heavy atom. The van der Waals surface area contributed by atoms with Crippen LogP contribution in [0.2, 0.25) is 0 Å². The summed E-state index contributed by atoms with van der Waals surface area (Å²) in [5.74, 6) is 4.66. The minimum absolute atomic E-state index is 0.642. The maximum absolute atomic E-state index is 5.78. The highest BCUT2D eigenvalue weighted by Crippen LogP contribution is 2.47. The van der Waals surface area contributed by atoms with Gasteiger partial charge in [-0.25, -0.2) is 0 Å². The second kappa shape index (κ2) is 7.86. The smallest absolute Gasteiger partial charge is 0.120 e. The first-order valence-electron chi connectivity index (χ1n) is 10.5. The van der Waals surface area contributed by atoms with Gasteiger partial charge in [-0.3, -0.25) is 0 Å². The summed E-state index contributed by atoms with van der Waals surface area (Å²) in [7, 11) is 0. The molecule has 0 aromatic heterocycles. The van der Waals surface area contributed by atoms with Gasteiger partial charge >= 0.3 is 0 Å². The van der Waals surface area contributed by atoms with Gasteiger partial charge in [-0.05, 0) is 91.2 Å². The Morgan fingerprint density at radius 3 is 2.58 bits per heavy atom. The average molecular weight is 349 g/mol. The first kappa shape index (κ1) is 17.6. The molecule has 4 atom stereocenters. The van der Waals surface area contributed by atoms with Crippen molar-refractivity contribution >= 4 is 10.8 Å². The van der Waals surface area contributed by atoms with Crippen molar-refractivity contribution in [2.24, 2.45) is 17.8 Å². The Kier molecular flexibility index (Phi) is 5.33. The lowest BCUT2D eigenvalue weighted by atomic mass is 9.64. The number of allylic oxidation sites excluding steroid dienone is 1. The van der Waals surface area contributed by atoms with Crippen molar-refractivity contribution in [3.05, 3.63) is 54.1 Å². The zero-order valence-corrected chi connectivity index (χ0v) is 16.3. The van der Waals surface area contributed by atoms with Crippen molar-refractivity contribution in [2.45, 2.75) is 58.3 Å². The minimum Gasteiger partial charge on any atom is -0.490 e. The van der Waals surface area contributed by atoms with Crippen LogP contribution in [0.3, 0.4) is 0 Å². The van der Waals surface area contributed by atoms with Crippen LogP contribution in [0.15, 0.2) is 48.6 Å². The maximum Gasteiger partial charge on any atom is 0.120 e. The highest BCUT2D eigenvalue weighted by Gasteiger charge is 2.34. The fourth-order valence-corrected chi connectivity index (χ4v) is 5.25. The van der Waals surface area contributed by atoms with Gasteiger partial charge in [-0.1, -0.05) is 49.8 Å². The molecule has 0 amide bonds. The summed E-state index contributed by atoms with van der Waals surface area (Å²) < 4.78 is 5.78. The minimum atomic E-state index is 0.642. The van der Waals surface area contributed by atoms with Crippen LogP contribution in [0.1, 0.15) is 63.9 Å². The lowest BCUT2D eigenvalue weighted by molar-refractivity contribution is 0.124. The molecule has 4 unspecified atom stereocenters. The van der Waals surface area contributed by atoms with Gasteiger partial charge in [0.25, 0.3) is 0 Å². The van der Waals surface area contributed by atoms with E-state index < -0.39 is 0 Å². The summed E-state index contributed by atoms with van der Waals surface area (Å²) in [6, 6.07) is 13.6. The molecule has 2 fully saturated rings. The van der Waals surface area contributed by atoms with E-state index in [0.717, 1.165) is 29.4 Å². The fourth-order valence-electron chi connectivity index (χ4n) is 5.25. The van der Waals surface area contributed by atoms with Gasteiger partial charge in [0, 0.05) is 0 Å². The van der Waals surface area contributed by atoms with Crippen molar-refractivity contribution in [2.75, 3.05) is 6.61 Å². The topological polar surface area (TPSA) is 9.23 Å². The Morgan fingerprint density at radius 1 is 0.923 bits per heavy atom. The molecule has 1 nitrogen and oxygen atoms in total. The number of fused-ring (bicyclic) bond motifs is 2. The summed E-state index contributed by atoms with van der Waals surface area (Å²) in [6.45, 7) is 5.11. The standard InChI is InChI=1S/C25H32O/c1-3-4-13-26-25-12-11-23-16-22(9-10-24(23)17-25)21-8-7-19-14-18(2)5-6-20(19)15-21/h3-4,9-12,16-21H,5-8,13-15H2,1-2H3/b4-3+. The van der Waals surface area contributed by atoms with Crippen LogP contribution in [0.25, 0.3) is 10.8 Å². The molecular weight excluding hydrogens is 316 g/mol. The number of hydrogen-bond acceptors (Lipinski definition) is 1. The van der Waals surface area contributed by atoms with Crippen molar-refractivity contribution in [1.29, 1.82) is 0 Å². The van der Waals surface area contributed by atoms with Crippen LogP contribution >= 0.6 is 0 Å². The molecule has 0 spiro atoms. The molecule has 0 radical (unpaired) electrons. The molecule has 1 heteroatoms. The van der Waals surface area contributed by atoms with Crippen molar-refractivity contribution in [3.8, 4) is 5.75 Å². The van der Waals surface area contributed by atoms with Gasteiger partial charge in [0.1, 0.15) is 12.4 Å². The number of ether oxygens (including phenoxy) is 1. The first-order chi connectivity index (χ1) is 12.7. The molecular formula is C25H32O. The monoisotopic (exact) mass is 348 g/mol. The molecule has 2 aromatic rings. The van der Waals surface area contributed by atoms with Crippen molar-refractivity contribution in [3.63, 3.8) is 0 Å². The van der Waals surface area contributed by atoms with E-state index in [9.17, 15) is 0 Å². The summed E-state index contributed by atoms with van der Waals surface area (Å²) in [6.07, 6.45) is 12.7. The maximum atomic E-state index is 5.78. The normalized spacial score (nSPS) is 29.0. The predicted octanol–water partition coefficient (Wildman–Crippen LogP) is 7.11. The molecule has 2 aliphatic rings. The highest BCUT2D eigenvalue weighted by molar-refractivity contribution is 5.84. The summed E-state index contributed by atoms with van der Waals surface area (Å²) in [5, 5.41) is 2.63. The SMILES string of the molecule is C/C=C/COc1ccc2cc(C3CCC4CC(C)CCC4C3)ccc2c1. The van der Waals surface area contributed by atoms with Crippen LogP contribution in [0.4, 0.5) is 0 Å².